The van der Waals surface area contributed by atoms with E-state index in [1.165, 1.54) is 38.6 Å². The van der Waals surface area contributed by atoms with E-state index < -0.39 is 11.7 Å². The Labute approximate surface area is 189 Å². The van der Waals surface area contributed by atoms with Crippen LogP contribution in [0.5, 0.6) is 11.6 Å². The lowest BCUT2D eigenvalue weighted by Crippen LogP contribution is -2.23. The summed E-state index contributed by atoms with van der Waals surface area (Å²) in [5.74, 6) is -0.904. The maximum absolute atomic E-state index is 13.3. The molecule has 0 aliphatic heterocycles. The first kappa shape index (κ1) is 22.0. The van der Waals surface area contributed by atoms with E-state index in [2.05, 4.69) is 10.3 Å². The van der Waals surface area contributed by atoms with Gasteiger partial charge in [-0.3, -0.25) is 9.59 Å². The summed E-state index contributed by atoms with van der Waals surface area (Å²) in [7, 11) is 3.00. The number of ether oxygens (including phenoxy) is 2. The molecule has 2 aromatic carbocycles. The van der Waals surface area contributed by atoms with E-state index in [1.807, 2.05) is 10.6 Å². The SMILES string of the molecule is COc1ccc2c(c1)c(C(=O)C(=O)Nc1ccnc(OC)c1)c(C)n2Cc1ccc(F)cc1. The van der Waals surface area contributed by atoms with Crippen LogP contribution in [0.1, 0.15) is 21.6 Å². The normalized spacial score (nSPS) is 10.8. The molecule has 1 N–H and O–H groups in total. The van der Waals surface area contributed by atoms with Gasteiger partial charge in [0.25, 0.3) is 11.7 Å². The molecular formula is C25H22FN3O4. The van der Waals surface area contributed by atoms with Gasteiger partial charge in [0, 0.05) is 41.1 Å². The van der Waals surface area contributed by atoms with Crippen LogP contribution >= 0.6 is 0 Å². The minimum absolute atomic E-state index is 0.282. The van der Waals surface area contributed by atoms with Crippen LogP contribution in [0.3, 0.4) is 0 Å². The minimum atomic E-state index is -0.782. The highest BCUT2D eigenvalue weighted by molar-refractivity contribution is 6.48. The van der Waals surface area contributed by atoms with Crippen LogP contribution in [0.4, 0.5) is 10.1 Å². The number of fused-ring (bicyclic) bond motifs is 1. The Kier molecular flexibility index (Phi) is 6.08. The zero-order chi connectivity index (χ0) is 23.5. The van der Waals surface area contributed by atoms with Crippen molar-refractivity contribution in [3.63, 3.8) is 0 Å². The first-order valence-electron chi connectivity index (χ1n) is 10.2. The quantitative estimate of drug-likeness (QED) is 0.336. The van der Waals surface area contributed by atoms with Gasteiger partial charge in [-0.15, -0.1) is 0 Å². The van der Waals surface area contributed by atoms with Gasteiger partial charge >= 0.3 is 0 Å². The summed E-state index contributed by atoms with van der Waals surface area (Å²) in [4.78, 5) is 30.1. The van der Waals surface area contributed by atoms with Crippen LogP contribution in [0.15, 0.2) is 60.8 Å². The van der Waals surface area contributed by atoms with E-state index in [4.69, 9.17) is 9.47 Å². The van der Waals surface area contributed by atoms with Crippen molar-refractivity contribution in [2.24, 2.45) is 0 Å². The predicted molar refractivity (Wildman–Crippen MR) is 122 cm³/mol. The van der Waals surface area contributed by atoms with E-state index in [1.54, 1.807) is 37.3 Å². The molecule has 0 unspecified atom stereocenters. The summed E-state index contributed by atoms with van der Waals surface area (Å²) < 4.78 is 25.7. The summed E-state index contributed by atoms with van der Waals surface area (Å²) in [5, 5.41) is 3.21. The maximum atomic E-state index is 13.3. The molecule has 0 aliphatic carbocycles. The lowest BCUT2D eigenvalue weighted by molar-refractivity contribution is -0.112. The van der Waals surface area contributed by atoms with Crippen molar-refractivity contribution in [1.29, 1.82) is 0 Å². The number of hydrogen-bond acceptors (Lipinski definition) is 5. The third-order valence-corrected chi connectivity index (χ3v) is 5.42. The highest BCUT2D eigenvalue weighted by atomic mass is 19.1. The van der Waals surface area contributed by atoms with Crippen LogP contribution in [0, 0.1) is 12.7 Å². The van der Waals surface area contributed by atoms with Gasteiger partial charge in [-0.05, 0) is 48.9 Å². The zero-order valence-electron chi connectivity index (χ0n) is 18.4. The third kappa shape index (κ3) is 4.41. The standard InChI is InChI=1S/C25H22FN3O4/c1-15-23(24(30)25(31)28-18-10-11-27-22(12-18)33-3)20-13-19(32-2)8-9-21(20)29(15)14-16-4-6-17(26)7-5-16/h4-13H,14H2,1-3H3,(H,27,28,31). The lowest BCUT2D eigenvalue weighted by Gasteiger charge is -2.09. The predicted octanol–water partition coefficient (Wildman–Crippen LogP) is 4.37. The van der Waals surface area contributed by atoms with Crippen molar-refractivity contribution in [3.05, 3.63) is 83.4 Å². The number of nitrogens with one attached hydrogen (secondary N) is 1. The van der Waals surface area contributed by atoms with Crippen molar-refractivity contribution in [3.8, 4) is 11.6 Å². The number of aromatic nitrogens is 2. The lowest BCUT2D eigenvalue weighted by atomic mass is 10.1. The van der Waals surface area contributed by atoms with Crippen LogP contribution < -0.4 is 14.8 Å². The zero-order valence-corrected chi connectivity index (χ0v) is 18.4. The first-order valence-corrected chi connectivity index (χ1v) is 10.2. The van der Waals surface area contributed by atoms with E-state index in [0.29, 0.717) is 34.9 Å². The van der Waals surface area contributed by atoms with Crippen molar-refractivity contribution in [2.45, 2.75) is 13.5 Å². The third-order valence-electron chi connectivity index (χ3n) is 5.42. The highest BCUT2D eigenvalue weighted by Gasteiger charge is 2.26. The molecule has 4 rings (SSSR count). The molecule has 2 aromatic heterocycles. The summed E-state index contributed by atoms with van der Waals surface area (Å²) in [6.45, 7) is 2.19. The fraction of sp³-hybridized carbons (Fsp3) is 0.160. The number of ketones is 1. The Morgan fingerprint density at radius 1 is 1.03 bits per heavy atom. The van der Waals surface area contributed by atoms with E-state index in [9.17, 15) is 14.0 Å². The van der Waals surface area contributed by atoms with Crippen LogP contribution in [0.2, 0.25) is 0 Å². The Balaban J connectivity index is 1.75. The molecule has 0 aliphatic rings. The summed E-state index contributed by atoms with van der Waals surface area (Å²) in [5.41, 5.74) is 2.92. The average Bonchev–Trinajstić information content (AvgIpc) is 3.10. The number of pyridine rings is 1. The Morgan fingerprint density at radius 3 is 2.48 bits per heavy atom. The molecule has 168 valence electrons. The molecule has 2 heterocycles. The van der Waals surface area contributed by atoms with Gasteiger partial charge in [0.2, 0.25) is 5.88 Å². The number of anilines is 1. The van der Waals surface area contributed by atoms with Crippen LogP contribution in [-0.2, 0) is 11.3 Å². The number of benzene rings is 2. The smallest absolute Gasteiger partial charge is 0.296 e. The van der Waals surface area contributed by atoms with Gasteiger partial charge in [-0.1, -0.05) is 12.1 Å². The fourth-order valence-corrected chi connectivity index (χ4v) is 3.75. The topological polar surface area (TPSA) is 82.5 Å². The number of methoxy groups -OCH3 is 2. The number of Topliss-reactive ketones (excluding diaryl/α,β-unsaturated/α-hetero) is 1. The molecule has 33 heavy (non-hydrogen) atoms. The number of amides is 1. The maximum Gasteiger partial charge on any atom is 0.296 e. The summed E-state index contributed by atoms with van der Waals surface area (Å²) in [6.07, 6.45) is 1.48. The molecule has 8 heteroatoms. The number of nitrogens with zero attached hydrogens (tertiary/aromatic N) is 2. The van der Waals surface area contributed by atoms with Crippen molar-refractivity contribution in [1.82, 2.24) is 9.55 Å². The monoisotopic (exact) mass is 447 g/mol. The molecule has 4 aromatic rings. The summed E-state index contributed by atoms with van der Waals surface area (Å²) >= 11 is 0. The molecule has 0 saturated heterocycles. The van der Waals surface area contributed by atoms with Gasteiger partial charge in [0.05, 0.1) is 19.8 Å². The molecule has 0 bridgehead atoms. The van der Waals surface area contributed by atoms with Gasteiger partial charge in [-0.2, -0.15) is 0 Å². The Hall–Kier alpha value is -4.20. The van der Waals surface area contributed by atoms with Crippen molar-refractivity contribution >= 4 is 28.3 Å². The van der Waals surface area contributed by atoms with Crippen LogP contribution in [0.25, 0.3) is 10.9 Å². The summed E-state index contributed by atoms with van der Waals surface area (Å²) in [6, 6.07) is 14.6. The fourth-order valence-electron chi connectivity index (χ4n) is 3.75. The number of rotatable bonds is 7. The number of carbonyl (C=O) groups excluding carboxylic acids is 2. The second-order valence-corrected chi connectivity index (χ2v) is 7.43. The van der Waals surface area contributed by atoms with E-state index in [-0.39, 0.29) is 11.4 Å². The van der Waals surface area contributed by atoms with Gasteiger partial charge in [-0.25, -0.2) is 9.37 Å². The second kappa shape index (κ2) is 9.12. The molecule has 7 nitrogen and oxygen atoms in total. The molecule has 0 spiro atoms. The number of hydrogen-bond donors (Lipinski definition) is 1. The number of halogens is 1. The minimum Gasteiger partial charge on any atom is -0.497 e. The van der Waals surface area contributed by atoms with Gasteiger partial charge in [0.1, 0.15) is 11.6 Å². The van der Waals surface area contributed by atoms with Gasteiger partial charge in [0.15, 0.2) is 0 Å². The first-order chi connectivity index (χ1) is 15.9. The molecule has 0 radical (unpaired) electrons. The Bertz CT molecular complexity index is 1350. The largest absolute Gasteiger partial charge is 0.497 e. The van der Waals surface area contributed by atoms with E-state index >= 15 is 0 Å². The molecule has 0 saturated carbocycles. The van der Waals surface area contributed by atoms with Gasteiger partial charge < -0.3 is 19.4 Å². The molecule has 1 amide bonds. The highest BCUT2D eigenvalue weighted by Crippen LogP contribution is 2.31. The van der Waals surface area contributed by atoms with Crippen molar-refractivity contribution < 1.29 is 23.5 Å². The van der Waals surface area contributed by atoms with Crippen LogP contribution in [-0.4, -0.2) is 35.5 Å². The second-order valence-electron chi connectivity index (χ2n) is 7.43. The van der Waals surface area contributed by atoms with Crippen molar-refractivity contribution in [2.75, 3.05) is 19.5 Å². The molecule has 0 fully saturated rings. The number of carbonyl (C=O) groups is 2. The molecular weight excluding hydrogens is 425 g/mol. The average molecular weight is 447 g/mol. The van der Waals surface area contributed by atoms with E-state index in [0.717, 1.165) is 11.1 Å². The molecule has 0 atom stereocenters. The Morgan fingerprint density at radius 2 is 1.79 bits per heavy atom.